The molecule has 0 bridgehead atoms. The van der Waals surface area contributed by atoms with Crippen molar-refractivity contribution in [1.29, 1.82) is 0 Å². The van der Waals surface area contributed by atoms with E-state index >= 15 is 0 Å². The van der Waals surface area contributed by atoms with Crippen LogP contribution >= 0.6 is 23.2 Å². The van der Waals surface area contributed by atoms with Gasteiger partial charge in [0, 0.05) is 11.4 Å². The van der Waals surface area contributed by atoms with Gasteiger partial charge in [-0.2, -0.15) is 4.98 Å². The molecule has 4 N–H and O–H groups in total. The Labute approximate surface area is 182 Å². The van der Waals surface area contributed by atoms with Crippen molar-refractivity contribution < 1.29 is 17.5 Å². The van der Waals surface area contributed by atoms with Gasteiger partial charge in [0.15, 0.2) is 11.6 Å². The van der Waals surface area contributed by atoms with Crippen LogP contribution < -0.4 is 20.5 Å². The second-order valence-corrected chi connectivity index (χ2v) is 8.45. The summed E-state index contributed by atoms with van der Waals surface area (Å²) >= 11 is 12.1. The number of nitrogens with one attached hydrogen (secondary N) is 2. The SMILES string of the molecule is COc1ccc(Nc2nc(Nc3cc(C)c(Cl)c(S(N)(=O)=O)c3)ncc2F)cc1Cl. The Balaban J connectivity index is 1.91. The van der Waals surface area contributed by atoms with E-state index in [-0.39, 0.29) is 21.7 Å². The summed E-state index contributed by atoms with van der Waals surface area (Å²) in [4.78, 5) is 7.70. The summed E-state index contributed by atoms with van der Waals surface area (Å²) in [5.41, 5.74) is 1.26. The molecule has 0 unspecified atom stereocenters. The van der Waals surface area contributed by atoms with Crippen molar-refractivity contribution in [2.75, 3.05) is 17.7 Å². The van der Waals surface area contributed by atoms with Crippen LogP contribution in [0.25, 0.3) is 0 Å². The Bertz CT molecular complexity index is 1220. The molecule has 0 aliphatic heterocycles. The number of methoxy groups -OCH3 is 1. The number of halogens is 3. The van der Waals surface area contributed by atoms with Crippen molar-refractivity contribution in [2.24, 2.45) is 5.14 Å². The van der Waals surface area contributed by atoms with Crippen molar-refractivity contribution >= 4 is 56.4 Å². The first kappa shape index (κ1) is 22.0. The van der Waals surface area contributed by atoms with Crippen LogP contribution in [-0.4, -0.2) is 25.5 Å². The van der Waals surface area contributed by atoms with Gasteiger partial charge >= 0.3 is 0 Å². The smallest absolute Gasteiger partial charge is 0.239 e. The number of anilines is 4. The zero-order valence-corrected chi connectivity index (χ0v) is 18.0. The number of hydrogen-bond donors (Lipinski definition) is 3. The van der Waals surface area contributed by atoms with Gasteiger partial charge in [0.05, 0.1) is 23.4 Å². The quantitative estimate of drug-likeness (QED) is 0.487. The second kappa shape index (κ2) is 8.60. The van der Waals surface area contributed by atoms with Crippen LogP contribution in [0.3, 0.4) is 0 Å². The monoisotopic (exact) mass is 471 g/mol. The minimum absolute atomic E-state index is 0.0144. The zero-order valence-electron chi connectivity index (χ0n) is 15.7. The van der Waals surface area contributed by atoms with Gasteiger partial charge in [0.25, 0.3) is 0 Å². The third kappa shape index (κ3) is 4.90. The maximum Gasteiger partial charge on any atom is 0.239 e. The Morgan fingerprint density at radius 1 is 1.13 bits per heavy atom. The maximum atomic E-state index is 14.2. The Morgan fingerprint density at radius 2 is 1.87 bits per heavy atom. The molecule has 30 heavy (non-hydrogen) atoms. The van der Waals surface area contributed by atoms with Crippen molar-refractivity contribution in [3.8, 4) is 5.75 Å². The third-order valence-corrected chi connectivity index (χ3v) is 5.79. The molecule has 0 aliphatic carbocycles. The molecule has 0 aliphatic rings. The van der Waals surface area contributed by atoms with Crippen LogP contribution in [0, 0.1) is 12.7 Å². The van der Waals surface area contributed by atoms with Gasteiger partial charge in [0.2, 0.25) is 16.0 Å². The average Bonchev–Trinajstić information content (AvgIpc) is 2.66. The lowest BCUT2D eigenvalue weighted by Crippen LogP contribution is -2.13. The van der Waals surface area contributed by atoms with E-state index in [9.17, 15) is 12.8 Å². The number of sulfonamides is 1. The highest BCUT2D eigenvalue weighted by Crippen LogP contribution is 2.31. The second-order valence-electron chi connectivity index (χ2n) is 6.14. The molecular weight excluding hydrogens is 456 g/mol. The molecule has 3 aromatic rings. The Kier molecular flexibility index (Phi) is 6.32. The first-order valence-electron chi connectivity index (χ1n) is 8.31. The summed E-state index contributed by atoms with van der Waals surface area (Å²) in [7, 11) is -2.56. The summed E-state index contributed by atoms with van der Waals surface area (Å²) in [5.74, 6) is -0.340. The summed E-state index contributed by atoms with van der Waals surface area (Å²) < 4.78 is 42.8. The lowest BCUT2D eigenvalue weighted by molar-refractivity contribution is 0.415. The van der Waals surface area contributed by atoms with Crippen LogP contribution in [-0.2, 0) is 10.0 Å². The molecule has 0 spiro atoms. The number of rotatable bonds is 6. The first-order chi connectivity index (χ1) is 14.1. The van der Waals surface area contributed by atoms with E-state index in [0.717, 1.165) is 6.20 Å². The zero-order chi connectivity index (χ0) is 22.1. The minimum atomic E-state index is -4.04. The van der Waals surface area contributed by atoms with Gasteiger partial charge in [-0.05, 0) is 42.8 Å². The topological polar surface area (TPSA) is 119 Å². The Morgan fingerprint density at radius 3 is 2.50 bits per heavy atom. The van der Waals surface area contributed by atoms with E-state index in [1.54, 1.807) is 31.2 Å². The van der Waals surface area contributed by atoms with Gasteiger partial charge in [-0.3, -0.25) is 0 Å². The standard InChI is InChI=1S/C18H16Cl2FN5O3S/c1-9-5-11(7-15(16(9)20)30(22,27)28)25-18-23-8-13(21)17(26-18)24-10-3-4-14(29-2)12(19)6-10/h3-8H,1-2H3,(H2,22,27,28)(H2,23,24,25,26). The van der Waals surface area contributed by atoms with Gasteiger partial charge in [-0.25, -0.2) is 22.9 Å². The van der Waals surface area contributed by atoms with Crippen LogP contribution in [0.5, 0.6) is 5.75 Å². The number of aryl methyl sites for hydroxylation is 1. The number of ether oxygens (including phenoxy) is 1. The molecule has 1 heterocycles. The van der Waals surface area contributed by atoms with E-state index in [1.807, 2.05) is 0 Å². The van der Waals surface area contributed by atoms with Crippen molar-refractivity contribution in [1.82, 2.24) is 9.97 Å². The lowest BCUT2D eigenvalue weighted by Gasteiger charge is -2.12. The third-order valence-electron chi connectivity index (χ3n) is 3.94. The van der Waals surface area contributed by atoms with E-state index in [1.165, 1.54) is 13.2 Å². The average molecular weight is 472 g/mol. The molecular formula is C18H16Cl2FN5O3S. The van der Waals surface area contributed by atoms with Crippen LogP contribution in [0.1, 0.15) is 5.56 Å². The van der Waals surface area contributed by atoms with Gasteiger partial charge in [0.1, 0.15) is 10.6 Å². The number of nitrogens with zero attached hydrogens (tertiary/aromatic N) is 2. The molecule has 12 heteroatoms. The highest BCUT2D eigenvalue weighted by atomic mass is 35.5. The number of hydrogen-bond acceptors (Lipinski definition) is 7. The number of benzene rings is 2. The van der Waals surface area contributed by atoms with Crippen LogP contribution in [0.2, 0.25) is 10.0 Å². The fourth-order valence-corrected chi connectivity index (χ4v) is 3.93. The predicted molar refractivity (Wildman–Crippen MR) is 114 cm³/mol. The first-order valence-corrected chi connectivity index (χ1v) is 10.6. The largest absolute Gasteiger partial charge is 0.495 e. The highest BCUT2D eigenvalue weighted by molar-refractivity contribution is 7.89. The van der Waals surface area contributed by atoms with Crippen molar-refractivity contribution in [3.63, 3.8) is 0 Å². The highest BCUT2D eigenvalue weighted by Gasteiger charge is 2.17. The van der Waals surface area contributed by atoms with Gasteiger partial charge < -0.3 is 15.4 Å². The molecule has 0 saturated carbocycles. The molecule has 0 radical (unpaired) electrons. The van der Waals surface area contributed by atoms with E-state index in [0.29, 0.717) is 27.7 Å². The molecule has 2 aromatic carbocycles. The molecule has 0 fully saturated rings. The molecule has 0 saturated heterocycles. The summed E-state index contributed by atoms with van der Waals surface area (Å²) in [6.45, 7) is 1.62. The molecule has 0 atom stereocenters. The minimum Gasteiger partial charge on any atom is -0.495 e. The molecule has 158 valence electrons. The summed E-state index contributed by atoms with van der Waals surface area (Å²) in [6, 6.07) is 7.64. The maximum absolute atomic E-state index is 14.2. The fraction of sp³-hybridized carbons (Fsp3) is 0.111. The molecule has 1 aromatic heterocycles. The molecule has 8 nitrogen and oxygen atoms in total. The van der Waals surface area contributed by atoms with Gasteiger partial charge in [-0.15, -0.1) is 0 Å². The number of primary sulfonamides is 1. The lowest BCUT2D eigenvalue weighted by atomic mass is 10.2. The van der Waals surface area contributed by atoms with E-state index in [4.69, 9.17) is 33.1 Å². The van der Waals surface area contributed by atoms with Crippen LogP contribution in [0.15, 0.2) is 41.4 Å². The Hall–Kier alpha value is -2.66. The predicted octanol–water partition coefficient (Wildman–Crippen LogP) is 4.37. The normalized spacial score (nSPS) is 11.3. The van der Waals surface area contributed by atoms with Crippen LogP contribution in [0.4, 0.5) is 27.5 Å². The number of aromatic nitrogens is 2. The molecule has 0 amide bonds. The fourth-order valence-electron chi connectivity index (χ4n) is 2.54. The van der Waals surface area contributed by atoms with E-state index < -0.39 is 15.8 Å². The van der Waals surface area contributed by atoms with Crippen molar-refractivity contribution in [3.05, 3.63) is 58.0 Å². The molecule has 3 rings (SSSR count). The number of nitrogens with two attached hydrogens (primary N) is 1. The summed E-state index contributed by atoms with van der Waals surface area (Å²) in [5, 5.41) is 11.2. The summed E-state index contributed by atoms with van der Waals surface area (Å²) in [6.07, 6.45) is 0.964. The van der Waals surface area contributed by atoms with Gasteiger partial charge in [-0.1, -0.05) is 23.2 Å². The van der Waals surface area contributed by atoms with Crippen molar-refractivity contribution in [2.45, 2.75) is 11.8 Å². The van der Waals surface area contributed by atoms with E-state index in [2.05, 4.69) is 20.6 Å².